The average Bonchev–Trinajstić information content (AvgIpc) is 2.56. The van der Waals surface area contributed by atoms with Crippen LogP contribution in [0.5, 0.6) is 0 Å². The van der Waals surface area contributed by atoms with Crippen molar-refractivity contribution < 1.29 is 0 Å². The fourth-order valence-electron chi connectivity index (χ4n) is 1.15. The van der Waals surface area contributed by atoms with Gasteiger partial charge < -0.3 is 4.98 Å². The van der Waals surface area contributed by atoms with Gasteiger partial charge in [0.1, 0.15) is 0 Å². The molecule has 1 heterocycles. The summed E-state index contributed by atoms with van der Waals surface area (Å²) >= 11 is 11.7. The monoisotopic (exact) mass is 210 g/mol. The normalized spacial score (nSPS) is 10.3. The first-order valence-corrected chi connectivity index (χ1v) is 4.53. The van der Waals surface area contributed by atoms with E-state index in [1.165, 1.54) is 0 Å². The van der Waals surface area contributed by atoms with E-state index in [2.05, 4.69) is 11.1 Å². The van der Waals surface area contributed by atoms with Gasteiger partial charge in [0, 0.05) is 28.5 Å². The molecule has 1 aromatic carbocycles. The zero-order valence-electron chi connectivity index (χ0n) is 6.64. The van der Waals surface area contributed by atoms with Crippen LogP contribution in [0.25, 0.3) is 11.1 Å². The van der Waals surface area contributed by atoms with E-state index >= 15 is 0 Å². The molecule has 3 heteroatoms. The Labute approximate surface area is 86.3 Å². The van der Waals surface area contributed by atoms with Gasteiger partial charge in [0.15, 0.2) is 0 Å². The Balaban J connectivity index is 2.53. The van der Waals surface area contributed by atoms with Crippen molar-refractivity contribution >= 4 is 23.2 Å². The molecule has 0 atom stereocenters. The minimum atomic E-state index is 0.601. The number of nitrogens with one attached hydrogen (secondary N) is 1. The maximum Gasteiger partial charge on any atom is 0.0506 e. The van der Waals surface area contributed by atoms with Crippen molar-refractivity contribution in [1.82, 2.24) is 4.98 Å². The van der Waals surface area contributed by atoms with Crippen LogP contribution in [0.3, 0.4) is 0 Å². The summed E-state index contributed by atoms with van der Waals surface area (Å²) in [6.45, 7) is 0. The van der Waals surface area contributed by atoms with E-state index in [1.807, 2.05) is 18.5 Å². The van der Waals surface area contributed by atoms with Crippen molar-refractivity contribution in [3.8, 4) is 11.1 Å². The van der Waals surface area contributed by atoms with Crippen LogP contribution in [-0.4, -0.2) is 4.98 Å². The fraction of sp³-hybridized carbons (Fsp3) is 0. The lowest BCUT2D eigenvalue weighted by Gasteiger charge is -2.00. The van der Waals surface area contributed by atoms with Crippen LogP contribution in [0, 0.1) is 6.07 Å². The second-order valence-electron chi connectivity index (χ2n) is 2.64. The Kier molecular flexibility index (Phi) is 2.30. The number of benzene rings is 1. The summed E-state index contributed by atoms with van der Waals surface area (Å²) in [5.41, 5.74) is 1.88. The lowest BCUT2D eigenvalue weighted by atomic mass is 10.1. The summed E-state index contributed by atoms with van der Waals surface area (Å²) in [5.74, 6) is 0. The molecule has 0 aliphatic heterocycles. The third-order valence-electron chi connectivity index (χ3n) is 1.74. The molecule has 0 saturated heterocycles. The molecular weight excluding hydrogens is 205 g/mol. The van der Waals surface area contributed by atoms with E-state index < -0.39 is 0 Å². The third kappa shape index (κ3) is 1.71. The lowest BCUT2D eigenvalue weighted by molar-refractivity contribution is 1.41. The summed E-state index contributed by atoms with van der Waals surface area (Å²) < 4.78 is 0. The number of H-pyrrole nitrogens is 1. The third-order valence-corrected chi connectivity index (χ3v) is 2.26. The number of hydrogen-bond acceptors (Lipinski definition) is 0. The molecule has 1 aromatic heterocycles. The van der Waals surface area contributed by atoms with E-state index in [4.69, 9.17) is 23.2 Å². The predicted octanol–water partition coefficient (Wildman–Crippen LogP) is 3.79. The van der Waals surface area contributed by atoms with Gasteiger partial charge in [-0.1, -0.05) is 23.2 Å². The molecule has 2 rings (SSSR count). The van der Waals surface area contributed by atoms with Crippen molar-refractivity contribution in [3.05, 3.63) is 46.7 Å². The van der Waals surface area contributed by atoms with Crippen LogP contribution in [0.2, 0.25) is 10.0 Å². The largest absolute Gasteiger partial charge is 0.367 e. The number of halogens is 2. The number of aromatic amines is 1. The zero-order valence-corrected chi connectivity index (χ0v) is 8.15. The molecular formula is C10H6Cl2N. The highest BCUT2D eigenvalue weighted by Crippen LogP contribution is 2.29. The highest BCUT2D eigenvalue weighted by Gasteiger charge is 2.03. The van der Waals surface area contributed by atoms with Crippen LogP contribution in [0.15, 0.2) is 30.6 Å². The molecule has 0 bridgehead atoms. The Morgan fingerprint density at radius 1 is 1.31 bits per heavy atom. The Morgan fingerprint density at radius 3 is 2.77 bits per heavy atom. The van der Waals surface area contributed by atoms with Gasteiger partial charge in [-0.15, -0.1) is 0 Å². The van der Waals surface area contributed by atoms with E-state index in [1.54, 1.807) is 12.1 Å². The Hall–Kier alpha value is -0.920. The maximum absolute atomic E-state index is 5.99. The quantitative estimate of drug-likeness (QED) is 0.738. The highest BCUT2D eigenvalue weighted by molar-refractivity contribution is 6.36. The molecule has 0 amide bonds. The molecule has 1 radical (unpaired) electrons. The van der Waals surface area contributed by atoms with Gasteiger partial charge in [0.2, 0.25) is 0 Å². The molecule has 0 spiro atoms. The smallest absolute Gasteiger partial charge is 0.0506 e. The SMILES string of the molecule is Clc1c[c]c(-c2cc[nH]c2)c(Cl)c1. The van der Waals surface area contributed by atoms with Gasteiger partial charge >= 0.3 is 0 Å². The molecule has 0 aliphatic rings. The molecule has 0 saturated carbocycles. The van der Waals surface area contributed by atoms with Crippen molar-refractivity contribution in [2.45, 2.75) is 0 Å². The first-order chi connectivity index (χ1) is 6.27. The summed E-state index contributed by atoms with van der Waals surface area (Å²) in [7, 11) is 0. The van der Waals surface area contributed by atoms with Gasteiger partial charge in [-0.2, -0.15) is 0 Å². The van der Waals surface area contributed by atoms with Gasteiger partial charge in [0.05, 0.1) is 5.02 Å². The minimum Gasteiger partial charge on any atom is -0.367 e. The van der Waals surface area contributed by atoms with Crippen molar-refractivity contribution in [3.63, 3.8) is 0 Å². The van der Waals surface area contributed by atoms with Gasteiger partial charge in [-0.05, 0) is 24.3 Å². The predicted molar refractivity (Wildman–Crippen MR) is 55.1 cm³/mol. The van der Waals surface area contributed by atoms with Crippen molar-refractivity contribution in [2.24, 2.45) is 0 Å². The molecule has 1 N–H and O–H groups in total. The second-order valence-corrected chi connectivity index (χ2v) is 3.48. The number of rotatable bonds is 1. The molecule has 0 unspecified atom stereocenters. The van der Waals surface area contributed by atoms with Crippen LogP contribution >= 0.6 is 23.2 Å². The zero-order chi connectivity index (χ0) is 9.26. The fourth-order valence-corrected chi connectivity index (χ4v) is 1.65. The Morgan fingerprint density at radius 2 is 2.15 bits per heavy atom. The Bertz CT molecular complexity index is 407. The van der Waals surface area contributed by atoms with Crippen LogP contribution in [-0.2, 0) is 0 Å². The van der Waals surface area contributed by atoms with E-state index in [0.717, 1.165) is 11.1 Å². The van der Waals surface area contributed by atoms with E-state index in [-0.39, 0.29) is 0 Å². The summed E-state index contributed by atoms with van der Waals surface area (Å²) in [5, 5.41) is 1.22. The summed E-state index contributed by atoms with van der Waals surface area (Å²) in [4.78, 5) is 2.96. The topological polar surface area (TPSA) is 15.8 Å². The van der Waals surface area contributed by atoms with Crippen molar-refractivity contribution in [2.75, 3.05) is 0 Å². The minimum absolute atomic E-state index is 0.601. The molecule has 65 valence electrons. The van der Waals surface area contributed by atoms with Crippen molar-refractivity contribution in [1.29, 1.82) is 0 Å². The molecule has 13 heavy (non-hydrogen) atoms. The lowest BCUT2D eigenvalue weighted by Crippen LogP contribution is -1.76. The van der Waals surface area contributed by atoms with Crippen LogP contribution < -0.4 is 0 Å². The van der Waals surface area contributed by atoms with E-state index in [0.29, 0.717) is 10.0 Å². The number of aromatic nitrogens is 1. The summed E-state index contributed by atoms with van der Waals surface area (Å²) in [6.07, 6.45) is 3.71. The van der Waals surface area contributed by atoms with Gasteiger partial charge in [-0.3, -0.25) is 0 Å². The molecule has 2 aromatic rings. The highest BCUT2D eigenvalue weighted by atomic mass is 35.5. The standard InChI is InChI=1S/C10H6Cl2N/c11-8-1-2-9(10(12)5-8)7-3-4-13-6-7/h1,3-6,13H. The molecule has 1 nitrogen and oxygen atoms in total. The average molecular weight is 211 g/mol. The van der Waals surface area contributed by atoms with Crippen LogP contribution in [0.1, 0.15) is 0 Å². The van der Waals surface area contributed by atoms with E-state index in [9.17, 15) is 0 Å². The van der Waals surface area contributed by atoms with Crippen LogP contribution in [0.4, 0.5) is 0 Å². The first-order valence-electron chi connectivity index (χ1n) is 3.77. The first kappa shape index (κ1) is 8.67. The summed E-state index contributed by atoms with van der Waals surface area (Å²) in [6, 6.07) is 8.37. The molecule has 0 aliphatic carbocycles. The van der Waals surface area contributed by atoms with Gasteiger partial charge in [-0.25, -0.2) is 0 Å². The molecule has 0 fully saturated rings. The number of hydrogen-bond donors (Lipinski definition) is 1. The second kappa shape index (κ2) is 3.44. The maximum atomic E-state index is 5.99. The van der Waals surface area contributed by atoms with Gasteiger partial charge in [0.25, 0.3) is 0 Å².